The van der Waals surface area contributed by atoms with Crippen LogP contribution >= 0.6 is 0 Å². The molecule has 1 saturated heterocycles. The number of nitrogens with zero attached hydrogens (tertiary/aromatic N) is 1. The van der Waals surface area contributed by atoms with E-state index in [0.717, 1.165) is 12.3 Å². The molecular weight excluding hydrogens is 162 g/mol. The Kier molecular flexibility index (Phi) is 4.20. The molecule has 2 unspecified atom stereocenters. The molecule has 0 saturated carbocycles. The van der Waals surface area contributed by atoms with E-state index in [-0.39, 0.29) is 6.10 Å². The van der Waals surface area contributed by atoms with Gasteiger partial charge in [-0.1, -0.05) is 13.8 Å². The van der Waals surface area contributed by atoms with Crippen molar-refractivity contribution in [3.63, 3.8) is 0 Å². The van der Waals surface area contributed by atoms with Gasteiger partial charge < -0.3 is 5.11 Å². The summed E-state index contributed by atoms with van der Waals surface area (Å²) in [5, 5.41) is 9.70. The van der Waals surface area contributed by atoms with Crippen LogP contribution in [0.15, 0.2) is 0 Å². The second kappa shape index (κ2) is 4.97. The summed E-state index contributed by atoms with van der Waals surface area (Å²) in [5.74, 6) is 0.877. The fourth-order valence-electron chi connectivity index (χ4n) is 2.02. The Bertz CT molecular complexity index is 141. The van der Waals surface area contributed by atoms with Crippen LogP contribution in [0.2, 0.25) is 0 Å². The van der Waals surface area contributed by atoms with Crippen molar-refractivity contribution in [2.24, 2.45) is 5.92 Å². The molecule has 0 aliphatic carbocycles. The second-order valence-corrected chi connectivity index (χ2v) is 4.43. The Balaban J connectivity index is 2.35. The summed E-state index contributed by atoms with van der Waals surface area (Å²) in [6, 6.07) is 0.345. The first-order chi connectivity index (χ1) is 6.15. The molecule has 1 aliphatic rings. The zero-order chi connectivity index (χ0) is 9.84. The minimum Gasteiger partial charge on any atom is -0.392 e. The fraction of sp³-hybridized carbons (Fsp3) is 1.00. The molecule has 1 fully saturated rings. The van der Waals surface area contributed by atoms with Crippen molar-refractivity contribution >= 4 is 0 Å². The van der Waals surface area contributed by atoms with Crippen molar-refractivity contribution in [1.29, 1.82) is 0 Å². The number of aliphatic hydroxyl groups is 1. The van der Waals surface area contributed by atoms with E-state index < -0.39 is 0 Å². The lowest BCUT2D eigenvalue weighted by atomic mass is 9.97. The fourth-order valence-corrected chi connectivity index (χ4v) is 2.02. The van der Waals surface area contributed by atoms with E-state index in [2.05, 4.69) is 18.7 Å². The number of aliphatic hydroxyl groups excluding tert-OH is 1. The van der Waals surface area contributed by atoms with Crippen LogP contribution in [0.4, 0.5) is 0 Å². The standard InChI is InChI=1S/C11H23NO/c1-4-11(13)10(3)12-7-5-9(2)6-8-12/h9-11,13H,4-8H2,1-3H3. The molecule has 0 amide bonds. The lowest BCUT2D eigenvalue weighted by Crippen LogP contribution is -2.45. The Morgan fingerprint density at radius 2 is 1.92 bits per heavy atom. The van der Waals surface area contributed by atoms with Gasteiger partial charge >= 0.3 is 0 Å². The van der Waals surface area contributed by atoms with Crippen molar-refractivity contribution in [3.05, 3.63) is 0 Å². The summed E-state index contributed by atoms with van der Waals surface area (Å²) < 4.78 is 0. The van der Waals surface area contributed by atoms with Gasteiger partial charge in [0.25, 0.3) is 0 Å². The van der Waals surface area contributed by atoms with Crippen LogP contribution in [-0.4, -0.2) is 35.2 Å². The maximum atomic E-state index is 9.70. The summed E-state index contributed by atoms with van der Waals surface area (Å²) in [6.07, 6.45) is 3.31. The van der Waals surface area contributed by atoms with Crippen LogP contribution in [0, 0.1) is 5.92 Å². The minimum atomic E-state index is -0.145. The summed E-state index contributed by atoms with van der Waals surface area (Å²) in [6.45, 7) is 8.84. The van der Waals surface area contributed by atoms with Crippen LogP contribution in [0.3, 0.4) is 0 Å². The van der Waals surface area contributed by atoms with Crippen molar-refractivity contribution in [3.8, 4) is 0 Å². The summed E-state index contributed by atoms with van der Waals surface area (Å²) in [5.41, 5.74) is 0. The molecule has 0 aromatic rings. The first-order valence-corrected chi connectivity index (χ1v) is 5.57. The van der Waals surface area contributed by atoms with E-state index in [1.54, 1.807) is 0 Å². The summed E-state index contributed by atoms with van der Waals surface area (Å²) in [4.78, 5) is 2.42. The molecule has 0 aromatic carbocycles. The summed E-state index contributed by atoms with van der Waals surface area (Å²) >= 11 is 0. The lowest BCUT2D eigenvalue weighted by Gasteiger charge is -2.36. The molecular formula is C11H23NO. The van der Waals surface area contributed by atoms with Crippen LogP contribution in [0.1, 0.15) is 40.0 Å². The highest BCUT2D eigenvalue weighted by Gasteiger charge is 2.23. The van der Waals surface area contributed by atoms with Crippen molar-refractivity contribution in [2.75, 3.05) is 13.1 Å². The molecule has 13 heavy (non-hydrogen) atoms. The third-order valence-corrected chi connectivity index (χ3v) is 3.37. The Labute approximate surface area is 81.9 Å². The first-order valence-electron chi connectivity index (χ1n) is 5.57. The number of hydrogen-bond donors (Lipinski definition) is 1. The third kappa shape index (κ3) is 2.96. The molecule has 2 nitrogen and oxygen atoms in total. The predicted octanol–water partition coefficient (Wildman–Crippen LogP) is 1.88. The molecule has 1 aliphatic heterocycles. The highest BCUT2D eigenvalue weighted by Crippen LogP contribution is 2.19. The average molecular weight is 185 g/mol. The Morgan fingerprint density at radius 3 is 2.38 bits per heavy atom. The Morgan fingerprint density at radius 1 is 1.38 bits per heavy atom. The zero-order valence-corrected chi connectivity index (χ0v) is 9.16. The van der Waals surface area contributed by atoms with Gasteiger partial charge in [0.2, 0.25) is 0 Å². The number of piperidine rings is 1. The van der Waals surface area contributed by atoms with Gasteiger partial charge in [-0.3, -0.25) is 4.90 Å². The highest BCUT2D eigenvalue weighted by molar-refractivity contribution is 4.78. The zero-order valence-electron chi connectivity index (χ0n) is 9.16. The molecule has 1 N–H and O–H groups in total. The lowest BCUT2D eigenvalue weighted by molar-refractivity contribution is 0.0379. The number of likely N-dealkylation sites (tertiary alicyclic amines) is 1. The highest BCUT2D eigenvalue weighted by atomic mass is 16.3. The maximum Gasteiger partial charge on any atom is 0.0690 e. The smallest absolute Gasteiger partial charge is 0.0690 e. The van der Waals surface area contributed by atoms with E-state index in [4.69, 9.17) is 0 Å². The normalized spacial score (nSPS) is 25.8. The second-order valence-electron chi connectivity index (χ2n) is 4.43. The van der Waals surface area contributed by atoms with E-state index >= 15 is 0 Å². The molecule has 1 heterocycles. The minimum absolute atomic E-state index is 0.145. The van der Waals surface area contributed by atoms with Crippen LogP contribution < -0.4 is 0 Å². The molecule has 2 atom stereocenters. The van der Waals surface area contributed by atoms with Crippen LogP contribution in [0.5, 0.6) is 0 Å². The van der Waals surface area contributed by atoms with Crippen molar-refractivity contribution < 1.29 is 5.11 Å². The van der Waals surface area contributed by atoms with E-state index in [1.165, 1.54) is 25.9 Å². The van der Waals surface area contributed by atoms with E-state index in [9.17, 15) is 5.11 Å². The molecule has 0 radical (unpaired) electrons. The average Bonchev–Trinajstić information content (AvgIpc) is 2.17. The van der Waals surface area contributed by atoms with Gasteiger partial charge in [-0.15, -0.1) is 0 Å². The van der Waals surface area contributed by atoms with Crippen molar-refractivity contribution in [2.45, 2.75) is 52.2 Å². The molecule has 78 valence electrons. The van der Waals surface area contributed by atoms with Gasteiger partial charge in [-0.25, -0.2) is 0 Å². The Hall–Kier alpha value is -0.0800. The van der Waals surface area contributed by atoms with Gasteiger partial charge in [0.1, 0.15) is 0 Å². The SMILES string of the molecule is CCC(O)C(C)N1CCC(C)CC1. The predicted molar refractivity (Wildman–Crippen MR) is 55.7 cm³/mol. The largest absolute Gasteiger partial charge is 0.392 e. The third-order valence-electron chi connectivity index (χ3n) is 3.37. The number of hydrogen-bond acceptors (Lipinski definition) is 2. The van der Waals surface area contributed by atoms with Gasteiger partial charge in [-0.05, 0) is 45.2 Å². The van der Waals surface area contributed by atoms with Crippen LogP contribution in [0.25, 0.3) is 0 Å². The monoisotopic (exact) mass is 185 g/mol. The van der Waals surface area contributed by atoms with Crippen molar-refractivity contribution in [1.82, 2.24) is 4.90 Å². The maximum absolute atomic E-state index is 9.70. The molecule has 0 bridgehead atoms. The van der Waals surface area contributed by atoms with Gasteiger partial charge in [0, 0.05) is 6.04 Å². The quantitative estimate of drug-likeness (QED) is 0.725. The van der Waals surface area contributed by atoms with E-state index in [0.29, 0.717) is 6.04 Å². The van der Waals surface area contributed by atoms with E-state index in [1.807, 2.05) is 6.92 Å². The molecule has 1 rings (SSSR count). The topological polar surface area (TPSA) is 23.5 Å². The van der Waals surface area contributed by atoms with Crippen LogP contribution in [-0.2, 0) is 0 Å². The van der Waals surface area contributed by atoms with Gasteiger partial charge in [0.15, 0.2) is 0 Å². The molecule has 2 heteroatoms. The number of rotatable bonds is 3. The molecule has 0 aromatic heterocycles. The van der Waals surface area contributed by atoms with Gasteiger partial charge in [0.05, 0.1) is 6.10 Å². The first kappa shape index (κ1) is 11.0. The summed E-state index contributed by atoms with van der Waals surface area (Å²) in [7, 11) is 0. The molecule has 0 spiro atoms. The van der Waals surface area contributed by atoms with Gasteiger partial charge in [-0.2, -0.15) is 0 Å².